The van der Waals surface area contributed by atoms with E-state index < -0.39 is 0 Å². The molecule has 2 fully saturated rings. The molecule has 168 valence electrons. The molecule has 2 N–H and O–H groups in total. The Morgan fingerprint density at radius 3 is 2.74 bits per heavy atom. The molecule has 0 unspecified atom stereocenters. The van der Waals surface area contributed by atoms with Crippen LogP contribution in [-0.4, -0.2) is 66.2 Å². The highest BCUT2D eigenvalue weighted by molar-refractivity contribution is 5.80. The van der Waals surface area contributed by atoms with Gasteiger partial charge in [0.1, 0.15) is 0 Å². The van der Waals surface area contributed by atoms with Crippen molar-refractivity contribution in [1.82, 2.24) is 20.1 Å². The van der Waals surface area contributed by atoms with Crippen molar-refractivity contribution < 1.29 is 9.53 Å². The maximum absolute atomic E-state index is 13.2. The second kappa shape index (κ2) is 10.3. The van der Waals surface area contributed by atoms with E-state index in [4.69, 9.17) is 4.74 Å². The first kappa shape index (κ1) is 21.8. The van der Waals surface area contributed by atoms with Crippen LogP contribution in [0.2, 0.25) is 0 Å². The third-order valence-electron chi connectivity index (χ3n) is 6.45. The Bertz CT molecular complexity index is 945. The number of aryl methyl sites for hydroxylation is 1. The third kappa shape index (κ3) is 5.86. The zero-order valence-corrected chi connectivity index (χ0v) is 18.5. The summed E-state index contributed by atoms with van der Waals surface area (Å²) in [7, 11) is 0. The fraction of sp³-hybridized carbons (Fsp3) is 0.583. The SMILES string of the molecule is Cc1ccc2cc(CN(CCN3CCOCC3)C(=O)NC3CCCCC3)c(=O)[nH]c2c1. The number of nitrogens with zero attached hydrogens (tertiary/aromatic N) is 2. The first-order valence-corrected chi connectivity index (χ1v) is 11.6. The lowest BCUT2D eigenvalue weighted by Gasteiger charge is -2.32. The number of amides is 2. The van der Waals surface area contributed by atoms with Gasteiger partial charge in [-0.3, -0.25) is 9.69 Å². The molecular formula is C24H34N4O3. The molecule has 1 aliphatic carbocycles. The molecule has 0 spiro atoms. The van der Waals surface area contributed by atoms with E-state index in [9.17, 15) is 9.59 Å². The number of hydrogen-bond donors (Lipinski definition) is 2. The topological polar surface area (TPSA) is 77.7 Å². The molecule has 2 amide bonds. The van der Waals surface area contributed by atoms with E-state index in [1.807, 2.05) is 31.2 Å². The van der Waals surface area contributed by atoms with Gasteiger partial charge in [-0.25, -0.2) is 4.79 Å². The van der Waals surface area contributed by atoms with Crippen LogP contribution in [0.5, 0.6) is 0 Å². The van der Waals surface area contributed by atoms with Gasteiger partial charge in [0.05, 0.1) is 19.8 Å². The first-order valence-electron chi connectivity index (χ1n) is 11.6. The van der Waals surface area contributed by atoms with Crippen LogP contribution in [0, 0.1) is 6.92 Å². The number of morpholine rings is 1. The lowest BCUT2D eigenvalue weighted by atomic mass is 9.96. The molecule has 2 aliphatic rings. The normalized spacial score (nSPS) is 18.2. The van der Waals surface area contributed by atoms with Crippen molar-refractivity contribution in [3.63, 3.8) is 0 Å². The minimum absolute atomic E-state index is 0.0661. The number of carbonyl (C=O) groups excluding carboxylic acids is 1. The average molecular weight is 427 g/mol. The minimum atomic E-state index is -0.125. The van der Waals surface area contributed by atoms with Gasteiger partial charge in [-0.15, -0.1) is 0 Å². The van der Waals surface area contributed by atoms with Crippen molar-refractivity contribution in [2.75, 3.05) is 39.4 Å². The summed E-state index contributed by atoms with van der Waals surface area (Å²) in [6.45, 7) is 6.92. The number of benzene rings is 1. The second-order valence-electron chi connectivity index (χ2n) is 8.87. The molecule has 31 heavy (non-hydrogen) atoms. The molecule has 1 aromatic carbocycles. The average Bonchev–Trinajstić information content (AvgIpc) is 2.78. The highest BCUT2D eigenvalue weighted by atomic mass is 16.5. The Kier molecular flexibility index (Phi) is 7.25. The first-order chi connectivity index (χ1) is 15.1. The number of nitrogens with one attached hydrogen (secondary N) is 2. The van der Waals surface area contributed by atoms with Gasteiger partial charge >= 0.3 is 6.03 Å². The molecule has 1 saturated carbocycles. The van der Waals surface area contributed by atoms with Crippen LogP contribution in [0.15, 0.2) is 29.1 Å². The number of hydrogen-bond acceptors (Lipinski definition) is 4. The highest BCUT2D eigenvalue weighted by Crippen LogP contribution is 2.18. The van der Waals surface area contributed by atoms with E-state index in [2.05, 4.69) is 15.2 Å². The van der Waals surface area contributed by atoms with Crippen molar-refractivity contribution >= 4 is 16.9 Å². The standard InChI is InChI=1S/C24H34N4O3/c1-18-7-8-19-16-20(23(29)26-22(19)15-18)17-28(10-9-27-11-13-31-14-12-27)24(30)25-21-5-3-2-4-6-21/h7-8,15-16,21H,2-6,9-14,17H2,1H3,(H,25,30)(H,26,29). The molecule has 7 heteroatoms. The fourth-order valence-electron chi connectivity index (χ4n) is 4.54. The molecule has 0 radical (unpaired) electrons. The third-order valence-corrected chi connectivity index (χ3v) is 6.45. The van der Waals surface area contributed by atoms with Crippen molar-refractivity contribution in [2.45, 2.75) is 51.6 Å². The largest absolute Gasteiger partial charge is 0.379 e. The quantitative estimate of drug-likeness (QED) is 0.744. The summed E-state index contributed by atoms with van der Waals surface area (Å²) >= 11 is 0. The number of carbonyl (C=O) groups is 1. The summed E-state index contributed by atoms with van der Waals surface area (Å²) in [6, 6.07) is 8.13. The predicted molar refractivity (Wildman–Crippen MR) is 122 cm³/mol. The van der Waals surface area contributed by atoms with Crippen LogP contribution in [0.4, 0.5) is 4.79 Å². The zero-order chi connectivity index (χ0) is 21.6. The van der Waals surface area contributed by atoms with Gasteiger partial charge in [-0.2, -0.15) is 0 Å². The molecule has 0 bridgehead atoms. The fourth-order valence-corrected chi connectivity index (χ4v) is 4.54. The summed E-state index contributed by atoms with van der Waals surface area (Å²) < 4.78 is 5.44. The van der Waals surface area contributed by atoms with Crippen LogP contribution >= 0.6 is 0 Å². The number of aromatic nitrogens is 1. The van der Waals surface area contributed by atoms with Crippen LogP contribution < -0.4 is 10.9 Å². The summed E-state index contributed by atoms with van der Waals surface area (Å²) in [6.07, 6.45) is 5.67. The van der Waals surface area contributed by atoms with E-state index >= 15 is 0 Å². The number of ether oxygens (including phenoxy) is 1. The number of aromatic amines is 1. The summed E-state index contributed by atoms with van der Waals surface area (Å²) in [5, 5.41) is 4.21. The van der Waals surface area contributed by atoms with E-state index in [0.717, 1.165) is 62.2 Å². The molecule has 1 aliphatic heterocycles. The number of rotatable bonds is 6. The van der Waals surface area contributed by atoms with Crippen molar-refractivity contribution in [1.29, 1.82) is 0 Å². The molecule has 1 aromatic heterocycles. The Morgan fingerprint density at radius 1 is 1.19 bits per heavy atom. The lowest BCUT2D eigenvalue weighted by Crippen LogP contribution is -2.49. The lowest BCUT2D eigenvalue weighted by molar-refractivity contribution is 0.0345. The van der Waals surface area contributed by atoms with E-state index in [-0.39, 0.29) is 17.6 Å². The Hall–Kier alpha value is -2.38. The van der Waals surface area contributed by atoms with E-state index in [0.29, 0.717) is 18.7 Å². The second-order valence-corrected chi connectivity index (χ2v) is 8.87. The molecule has 2 aromatic rings. The summed E-state index contributed by atoms with van der Waals surface area (Å²) in [5.41, 5.74) is 2.44. The number of H-pyrrole nitrogens is 1. The Morgan fingerprint density at radius 2 is 1.97 bits per heavy atom. The van der Waals surface area contributed by atoms with Crippen LogP contribution in [0.25, 0.3) is 10.9 Å². The van der Waals surface area contributed by atoms with Gasteiger partial charge in [0.25, 0.3) is 5.56 Å². The molecular weight excluding hydrogens is 392 g/mol. The Labute approximate surface area is 183 Å². The highest BCUT2D eigenvalue weighted by Gasteiger charge is 2.22. The number of urea groups is 1. The monoisotopic (exact) mass is 426 g/mol. The molecule has 1 saturated heterocycles. The van der Waals surface area contributed by atoms with E-state index in [1.165, 1.54) is 19.3 Å². The molecule has 2 heterocycles. The Balaban J connectivity index is 1.50. The van der Waals surface area contributed by atoms with Crippen molar-refractivity contribution in [2.24, 2.45) is 0 Å². The van der Waals surface area contributed by atoms with Gasteiger partial charge in [0.15, 0.2) is 0 Å². The number of fused-ring (bicyclic) bond motifs is 1. The molecule has 7 nitrogen and oxygen atoms in total. The molecule has 4 rings (SSSR count). The van der Waals surface area contributed by atoms with Crippen LogP contribution in [-0.2, 0) is 11.3 Å². The van der Waals surface area contributed by atoms with Crippen LogP contribution in [0.3, 0.4) is 0 Å². The maximum Gasteiger partial charge on any atom is 0.317 e. The summed E-state index contributed by atoms with van der Waals surface area (Å²) in [4.78, 5) is 33.0. The predicted octanol–water partition coefficient (Wildman–Crippen LogP) is 3.01. The van der Waals surface area contributed by atoms with Gasteiger partial charge in [0, 0.05) is 43.3 Å². The van der Waals surface area contributed by atoms with Gasteiger partial charge in [-0.05, 0) is 42.8 Å². The van der Waals surface area contributed by atoms with Crippen LogP contribution in [0.1, 0.15) is 43.2 Å². The summed E-state index contributed by atoms with van der Waals surface area (Å²) in [5.74, 6) is 0. The number of pyridine rings is 1. The van der Waals surface area contributed by atoms with Crippen molar-refractivity contribution in [3.8, 4) is 0 Å². The minimum Gasteiger partial charge on any atom is -0.379 e. The maximum atomic E-state index is 13.2. The van der Waals surface area contributed by atoms with Gasteiger partial charge < -0.3 is 19.9 Å². The van der Waals surface area contributed by atoms with Crippen molar-refractivity contribution in [3.05, 3.63) is 45.7 Å². The smallest absolute Gasteiger partial charge is 0.317 e. The van der Waals surface area contributed by atoms with E-state index in [1.54, 1.807) is 4.90 Å². The van der Waals surface area contributed by atoms with Gasteiger partial charge in [-0.1, -0.05) is 31.4 Å². The molecule has 0 atom stereocenters. The van der Waals surface area contributed by atoms with Gasteiger partial charge in [0.2, 0.25) is 0 Å². The zero-order valence-electron chi connectivity index (χ0n) is 18.5.